The molecule has 2 unspecified atom stereocenters. The van der Waals surface area contributed by atoms with Gasteiger partial charge in [-0.25, -0.2) is 0 Å². The molecule has 0 amide bonds. The van der Waals surface area contributed by atoms with E-state index in [1.807, 2.05) is 11.8 Å². The first-order valence-electron chi connectivity index (χ1n) is 6.25. The third-order valence-corrected chi connectivity index (χ3v) is 4.66. The molecule has 0 aliphatic heterocycles. The van der Waals surface area contributed by atoms with Crippen molar-refractivity contribution in [1.29, 1.82) is 0 Å². The average molecular weight is 232 g/mol. The molecule has 0 aromatic rings. The van der Waals surface area contributed by atoms with Crippen LogP contribution < -0.4 is 11.3 Å². The van der Waals surface area contributed by atoms with E-state index in [1.165, 1.54) is 25.7 Å². The molecule has 0 aliphatic rings. The Bertz CT molecular complexity index is 138. The van der Waals surface area contributed by atoms with Crippen molar-refractivity contribution in [3.8, 4) is 0 Å². The van der Waals surface area contributed by atoms with Crippen LogP contribution in [0, 0.1) is 5.92 Å². The van der Waals surface area contributed by atoms with E-state index in [0.717, 1.165) is 16.9 Å². The van der Waals surface area contributed by atoms with E-state index in [9.17, 15) is 0 Å². The van der Waals surface area contributed by atoms with Crippen molar-refractivity contribution in [3.05, 3.63) is 0 Å². The highest BCUT2D eigenvalue weighted by atomic mass is 32.2. The van der Waals surface area contributed by atoms with E-state index in [-0.39, 0.29) is 0 Å². The second-order valence-electron chi connectivity index (χ2n) is 4.33. The smallest absolute Gasteiger partial charge is 0.0303 e. The lowest BCUT2D eigenvalue weighted by molar-refractivity contribution is 0.387. The lowest BCUT2D eigenvalue weighted by Crippen LogP contribution is -2.38. The van der Waals surface area contributed by atoms with Crippen LogP contribution >= 0.6 is 11.8 Å². The van der Waals surface area contributed by atoms with Gasteiger partial charge in [0.25, 0.3) is 0 Å². The van der Waals surface area contributed by atoms with E-state index in [1.54, 1.807) is 0 Å². The molecule has 0 rings (SSSR count). The molecule has 0 aliphatic carbocycles. The molecule has 0 aromatic heterocycles. The predicted octanol–water partition coefficient (Wildman–Crippen LogP) is 3.18. The van der Waals surface area contributed by atoms with Gasteiger partial charge in [0.05, 0.1) is 0 Å². The van der Waals surface area contributed by atoms with Gasteiger partial charge in [-0.1, -0.05) is 40.5 Å². The quantitative estimate of drug-likeness (QED) is 0.474. The minimum atomic E-state index is 0.480. The molecular formula is C12H28N2S. The van der Waals surface area contributed by atoms with Crippen molar-refractivity contribution in [3.63, 3.8) is 0 Å². The molecule has 3 N–H and O–H groups in total. The van der Waals surface area contributed by atoms with Crippen LogP contribution in [-0.2, 0) is 0 Å². The van der Waals surface area contributed by atoms with Gasteiger partial charge in [0, 0.05) is 17.0 Å². The lowest BCUT2D eigenvalue weighted by atomic mass is 9.96. The zero-order valence-corrected chi connectivity index (χ0v) is 11.6. The van der Waals surface area contributed by atoms with E-state index in [0.29, 0.717) is 6.04 Å². The number of hydrogen-bond donors (Lipinski definition) is 2. The summed E-state index contributed by atoms with van der Waals surface area (Å²) in [6.45, 7) is 9.06. The van der Waals surface area contributed by atoms with Crippen molar-refractivity contribution in [1.82, 2.24) is 5.43 Å². The molecular weight excluding hydrogens is 204 g/mol. The van der Waals surface area contributed by atoms with Crippen LogP contribution in [0.1, 0.15) is 53.4 Å². The summed E-state index contributed by atoms with van der Waals surface area (Å²) in [6.07, 6.45) is 4.99. The maximum atomic E-state index is 5.59. The standard InChI is InChI=1S/C12H28N2S/c1-5-10(4)15-9-12(14-13)8-11(6-2)7-3/h10-12,14H,5-9,13H2,1-4H3. The fourth-order valence-corrected chi connectivity index (χ4v) is 2.64. The second kappa shape index (κ2) is 9.49. The molecule has 0 saturated carbocycles. The van der Waals surface area contributed by atoms with Crippen LogP contribution in [0.4, 0.5) is 0 Å². The van der Waals surface area contributed by atoms with E-state index >= 15 is 0 Å². The van der Waals surface area contributed by atoms with Gasteiger partial charge >= 0.3 is 0 Å². The number of hydrazine groups is 1. The van der Waals surface area contributed by atoms with Crippen molar-refractivity contribution in [2.45, 2.75) is 64.7 Å². The Hall–Kier alpha value is 0.270. The third kappa shape index (κ3) is 7.20. The molecule has 0 fully saturated rings. The molecule has 3 heteroatoms. The summed E-state index contributed by atoms with van der Waals surface area (Å²) in [5.74, 6) is 7.56. The molecule has 2 atom stereocenters. The largest absolute Gasteiger partial charge is 0.271 e. The van der Waals surface area contributed by atoms with Gasteiger partial charge in [-0.05, 0) is 18.8 Å². The number of rotatable bonds is 9. The first-order valence-corrected chi connectivity index (χ1v) is 7.30. The summed E-state index contributed by atoms with van der Waals surface area (Å²) in [7, 11) is 0. The Morgan fingerprint density at radius 1 is 1.13 bits per heavy atom. The van der Waals surface area contributed by atoms with Crippen LogP contribution in [0.2, 0.25) is 0 Å². The second-order valence-corrected chi connectivity index (χ2v) is 5.81. The molecule has 92 valence electrons. The summed E-state index contributed by atoms with van der Waals surface area (Å²) in [6, 6.07) is 0.480. The van der Waals surface area contributed by atoms with Gasteiger partial charge < -0.3 is 0 Å². The molecule has 0 saturated heterocycles. The minimum absolute atomic E-state index is 0.480. The maximum Gasteiger partial charge on any atom is 0.0303 e. The first kappa shape index (κ1) is 15.3. The van der Waals surface area contributed by atoms with Crippen LogP contribution in [0.3, 0.4) is 0 Å². The SMILES string of the molecule is CCC(CC)CC(CSC(C)CC)NN. The predicted molar refractivity (Wildman–Crippen MR) is 72.0 cm³/mol. The number of hydrogen-bond acceptors (Lipinski definition) is 3. The van der Waals surface area contributed by atoms with Crippen LogP contribution in [0.25, 0.3) is 0 Å². The molecule has 0 heterocycles. The Morgan fingerprint density at radius 3 is 2.13 bits per heavy atom. The van der Waals surface area contributed by atoms with E-state index in [4.69, 9.17) is 5.84 Å². The number of thioether (sulfide) groups is 1. The molecule has 0 spiro atoms. The fourth-order valence-electron chi connectivity index (χ4n) is 1.61. The van der Waals surface area contributed by atoms with Gasteiger partial charge in [0.15, 0.2) is 0 Å². The van der Waals surface area contributed by atoms with Crippen molar-refractivity contribution in [2.24, 2.45) is 11.8 Å². The van der Waals surface area contributed by atoms with Crippen LogP contribution in [0.15, 0.2) is 0 Å². The Balaban J connectivity index is 3.80. The number of nitrogens with two attached hydrogens (primary N) is 1. The minimum Gasteiger partial charge on any atom is -0.271 e. The molecule has 2 nitrogen and oxygen atoms in total. The fraction of sp³-hybridized carbons (Fsp3) is 1.00. The molecule has 15 heavy (non-hydrogen) atoms. The first-order chi connectivity index (χ1) is 7.17. The third-order valence-electron chi connectivity index (χ3n) is 3.17. The van der Waals surface area contributed by atoms with E-state index < -0.39 is 0 Å². The zero-order chi connectivity index (χ0) is 11.7. The highest BCUT2D eigenvalue weighted by molar-refractivity contribution is 7.99. The Labute approximate surface area is 99.7 Å². The summed E-state index contributed by atoms with van der Waals surface area (Å²) in [5, 5.41) is 0.752. The number of nitrogens with one attached hydrogen (secondary N) is 1. The average Bonchev–Trinajstić information content (AvgIpc) is 2.29. The topological polar surface area (TPSA) is 38.0 Å². The summed E-state index contributed by atoms with van der Waals surface area (Å²) < 4.78 is 0. The maximum absolute atomic E-state index is 5.59. The lowest BCUT2D eigenvalue weighted by Gasteiger charge is -2.22. The summed E-state index contributed by atoms with van der Waals surface area (Å²) >= 11 is 2.03. The van der Waals surface area contributed by atoms with Crippen molar-refractivity contribution >= 4 is 11.8 Å². The van der Waals surface area contributed by atoms with Gasteiger partial charge in [-0.3, -0.25) is 11.3 Å². The Morgan fingerprint density at radius 2 is 1.73 bits per heavy atom. The monoisotopic (exact) mass is 232 g/mol. The van der Waals surface area contributed by atoms with E-state index in [2.05, 4.69) is 33.1 Å². The highest BCUT2D eigenvalue weighted by Crippen LogP contribution is 2.20. The zero-order valence-electron chi connectivity index (χ0n) is 10.8. The van der Waals surface area contributed by atoms with Gasteiger partial charge in [0.2, 0.25) is 0 Å². The summed E-state index contributed by atoms with van der Waals surface area (Å²) in [5.41, 5.74) is 2.96. The van der Waals surface area contributed by atoms with Crippen LogP contribution in [0.5, 0.6) is 0 Å². The van der Waals surface area contributed by atoms with Crippen molar-refractivity contribution in [2.75, 3.05) is 5.75 Å². The summed E-state index contributed by atoms with van der Waals surface area (Å²) in [4.78, 5) is 0. The van der Waals surface area contributed by atoms with Crippen molar-refractivity contribution < 1.29 is 0 Å². The van der Waals surface area contributed by atoms with Gasteiger partial charge in [-0.2, -0.15) is 11.8 Å². The molecule has 0 radical (unpaired) electrons. The normalized spacial score (nSPS) is 15.6. The molecule has 0 aromatic carbocycles. The Kier molecular flexibility index (Phi) is 9.66. The van der Waals surface area contributed by atoms with Gasteiger partial charge in [-0.15, -0.1) is 0 Å². The van der Waals surface area contributed by atoms with Gasteiger partial charge in [0.1, 0.15) is 0 Å². The molecule has 0 bridgehead atoms. The highest BCUT2D eigenvalue weighted by Gasteiger charge is 2.13. The van der Waals surface area contributed by atoms with Crippen LogP contribution in [-0.4, -0.2) is 17.0 Å².